The largest absolute Gasteiger partial charge is 0.352 e. The lowest BCUT2D eigenvalue weighted by Crippen LogP contribution is -2.50. The molecule has 1 N–H and O–H groups in total. The highest BCUT2D eigenvalue weighted by molar-refractivity contribution is 7.92. The number of halogens is 1. The topological polar surface area (TPSA) is 86.8 Å². The van der Waals surface area contributed by atoms with Gasteiger partial charge in [0.15, 0.2) is 0 Å². The molecule has 0 aliphatic heterocycles. The summed E-state index contributed by atoms with van der Waals surface area (Å²) in [5.41, 5.74) is 3.36. The molecule has 0 heterocycles. The standard InChI is InChI=1S/C28H40ClN3O4S/c1-7-21(4)30-28(34)25(8-2)31(19-23-14-16-24(29)17-15-23)27(33)13-10-18-32(37(6,35)36)26-12-9-11-20(3)22(26)5/h9,11-12,14-17,21,25H,7-8,10,13,18-19H2,1-6H3,(H,30,34)/t21-,25+/m0/s1. The third-order valence-electron chi connectivity index (χ3n) is 6.65. The Morgan fingerprint density at radius 2 is 1.68 bits per heavy atom. The summed E-state index contributed by atoms with van der Waals surface area (Å²) in [5, 5.41) is 3.59. The highest BCUT2D eigenvalue weighted by Crippen LogP contribution is 2.25. The predicted octanol–water partition coefficient (Wildman–Crippen LogP) is 5.23. The summed E-state index contributed by atoms with van der Waals surface area (Å²) in [7, 11) is -3.55. The van der Waals surface area contributed by atoms with Crippen molar-refractivity contribution in [1.82, 2.24) is 10.2 Å². The number of carbonyl (C=O) groups is 2. The maximum atomic E-state index is 13.5. The Hall–Kier alpha value is -2.58. The first-order valence-corrected chi connectivity index (χ1v) is 15.0. The van der Waals surface area contributed by atoms with Crippen LogP contribution in [0.4, 0.5) is 5.69 Å². The zero-order valence-corrected chi connectivity index (χ0v) is 24.3. The highest BCUT2D eigenvalue weighted by Gasteiger charge is 2.29. The SMILES string of the molecule is CC[C@H](C(=O)N[C@@H](C)CC)N(Cc1ccc(Cl)cc1)C(=O)CCCN(c1cccc(C)c1C)S(C)(=O)=O. The van der Waals surface area contributed by atoms with Gasteiger partial charge in [0.1, 0.15) is 6.04 Å². The lowest BCUT2D eigenvalue weighted by Gasteiger charge is -2.32. The quantitative estimate of drug-likeness (QED) is 0.371. The van der Waals surface area contributed by atoms with E-state index in [-0.39, 0.29) is 37.4 Å². The molecule has 0 unspecified atom stereocenters. The van der Waals surface area contributed by atoms with Gasteiger partial charge in [0.05, 0.1) is 11.9 Å². The van der Waals surface area contributed by atoms with Gasteiger partial charge in [-0.05, 0) is 74.9 Å². The monoisotopic (exact) mass is 549 g/mol. The van der Waals surface area contributed by atoms with Gasteiger partial charge in [-0.1, -0.05) is 49.7 Å². The van der Waals surface area contributed by atoms with E-state index in [1.807, 2.05) is 58.9 Å². The Morgan fingerprint density at radius 1 is 1.03 bits per heavy atom. The van der Waals surface area contributed by atoms with E-state index in [9.17, 15) is 18.0 Å². The van der Waals surface area contributed by atoms with E-state index in [1.54, 1.807) is 23.1 Å². The van der Waals surface area contributed by atoms with Gasteiger partial charge in [0, 0.05) is 30.6 Å². The summed E-state index contributed by atoms with van der Waals surface area (Å²) in [6, 6.07) is 12.1. The molecule has 9 heteroatoms. The Labute approximate surface area is 227 Å². The number of rotatable bonds is 13. The number of benzene rings is 2. The second kappa shape index (κ2) is 13.8. The van der Waals surface area contributed by atoms with E-state index in [1.165, 1.54) is 10.6 Å². The number of carbonyl (C=O) groups excluding carboxylic acids is 2. The van der Waals surface area contributed by atoms with Crippen molar-refractivity contribution in [2.75, 3.05) is 17.1 Å². The number of nitrogens with zero attached hydrogens (tertiary/aromatic N) is 2. The maximum Gasteiger partial charge on any atom is 0.243 e. The fourth-order valence-corrected chi connectivity index (χ4v) is 5.28. The van der Waals surface area contributed by atoms with Crippen LogP contribution in [0.25, 0.3) is 0 Å². The van der Waals surface area contributed by atoms with Gasteiger partial charge in [0.2, 0.25) is 21.8 Å². The van der Waals surface area contributed by atoms with Crippen molar-refractivity contribution in [2.45, 2.75) is 78.9 Å². The number of sulfonamides is 1. The molecule has 0 aliphatic carbocycles. The summed E-state index contributed by atoms with van der Waals surface area (Å²) < 4.78 is 26.6. The summed E-state index contributed by atoms with van der Waals surface area (Å²) >= 11 is 6.03. The smallest absolute Gasteiger partial charge is 0.243 e. The Morgan fingerprint density at radius 3 is 2.24 bits per heavy atom. The molecule has 0 bridgehead atoms. The average Bonchev–Trinajstić information content (AvgIpc) is 2.84. The first-order chi connectivity index (χ1) is 17.4. The van der Waals surface area contributed by atoms with E-state index in [0.717, 1.165) is 23.1 Å². The lowest BCUT2D eigenvalue weighted by atomic mass is 10.1. The maximum absolute atomic E-state index is 13.5. The molecule has 0 spiro atoms. The second-order valence-corrected chi connectivity index (χ2v) is 11.9. The number of nitrogens with one attached hydrogen (secondary N) is 1. The minimum Gasteiger partial charge on any atom is -0.352 e. The van der Waals surface area contributed by atoms with Gasteiger partial charge in [-0.3, -0.25) is 13.9 Å². The van der Waals surface area contributed by atoms with Crippen molar-refractivity contribution in [1.29, 1.82) is 0 Å². The number of anilines is 1. The Balaban J connectivity index is 2.25. The molecule has 37 heavy (non-hydrogen) atoms. The molecule has 0 saturated heterocycles. The van der Waals surface area contributed by atoms with Crippen LogP contribution in [-0.4, -0.2) is 50.0 Å². The third-order valence-corrected chi connectivity index (χ3v) is 8.08. The summed E-state index contributed by atoms with van der Waals surface area (Å²) in [5.74, 6) is -0.386. The summed E-state index contributed by atoms with van der Waals surface area (Å²) in [4.78, 5) is 28.2. The van der Waals surface area contributed by atoms with Crippen molar-refractivity contribution in [3.05, 3.63) is 64.2 Å². The van der Waals surface area contributed by atoms with E-state index >= 15 is 0 Å². The number of amides is 2. The Kier molecular flexibility index (Phi) is 11.4. The minimum absolute atomic E-state index is 0.00470. The van der Waals surface area contributed by atoms with Crippen LogP contribution in [0.3, 0.4) is 0 Å². The van der Waals surface area contributed by atoms with Crippen LogP contribution in [0.2, 0.25) is 5.02 Å². The van der Waals surface area contributed by atoms with Crippen LogP contribution in [0.1, 0.15) is 63.1 Å². The molecular formula is C28H40ClN3O4S. The predicted molar refractivity (Wildman–Crippen MR) is 151 cm³/mol. The normalized spacial score (nSPS) is 13.1. The molecule has 2 rings (SSSR count). The molecule has 2 amide bonds. The first-order valence-electron chi connectivity index (χ1n) is 12.8. The molecule has 7 nitrogen and oxygen atoms in total. The van der Waals surface area contributed by atoms with Crippen molar-refractivity contribution >= 4 is 39.1 Å². The zero-order chi connectivity index (χ0) is 27.8. The average molecular weight is 550 g/mol. The van der Waals surface area contributed by atoms with E-state index in [4.69, 9.17) is 11.6 Å². The molecule has 2 aromatic carbocycles. The molecular weight excluding hydrogens is 510 g/mol. The second-order valence-electron chi connectivity index (χ2n) is 9.55. The highest BCUT2D eigenvalue weighted by atomic mass is 35.5. The van der Waals surface area contributed by atoms with Gasteiger partial charge >= 0.3 is 0 Å². The van der Waals surface area contributed by atoms with Crippen LogP contribution >= 0.6 is 11.6 Å². The van der Waals surface area contributed by atoms with Crippen LogP contribution in [-0.2, 0) is 26.2 Å². The fourth-order valence-electron chi connectivity index (χ4n) is 4.14. The number of hydrogen-bond donors (Lipinski definition) is 1. The fraction of sp³-hybridized carbons (Fsp3) is 0.500. The van der Waals surface area contributed by atoms with E-state index in [2.05, 4.69) is 5.32 Å². The third kappa shape index (κ3) is 8.75. The first kappa shape index (κ1) is 30.6. The molecule has 2 atom stereocenters. The Bertz CT molecular complexity index is 1170. The molecule has 204 valence electrons. The van der Waals surface area contributed by atoms with Crippen molar-refractivity contribution < 1.29 is 18.0 Å². The van der Waals surface area contributed by atoms with Crippen molar-refractivity contribution in [2.24, 2.45) is 0 Å². The van der Waals surface area contributed by atoms with Crippen molar-refractivity contribution in [3.8, 4) is 0 Å². The summed E-state index contributed by atoms with van der Waals surface area (Å²) in [6.45, 7) is 10.1. The number of aryl methyl sites for hydroxylation is 1. The van der Waals surface area contributed by atoms with Gasteiger partial charge in [-0.25, -0.2) is 8.42 Å². The van der Waals surface area contributed by atoms with Crippen molar-refractivity contribution in [3.63, 3.8) is 0 Å². The molecule has 0 aliphatic rings. The molecule has 0 aromatic heterocycles. The molecule has 0 saturated carbocycles. The van der Waals surface area contributed by atoms with Crippen LogP contribution in [0.5, 0.6) is 0 Å². The summed E-state index contributed by atoms with van der Waals surface area (Å²) in [6.07, 6.45) is 2.85. The van der Waals surface area contributed by atoms with Gasteiger partial charge < -0.3 is 10.2 Å². The van der Waals surface area contributed by atoms with Crippen LogP contribution in [0, 0.1) is 13.8 Å². The molecule has 0 radical (unpaired) electrons. The van der Waals surface area contributed by atoms with Gasteiger partial charge in [-0.2, -0.15) is 0 Å². The number of hydrogen-bond acceptors (Lipinski definition) is 4. The zero-order valence-electron chi connectivity index (χ0n) is 22.8. The van der Waals surface area contributed by atoms with E-state index < -0.39 is 16.1 Å². The lowest BCUT2D eigenvalue weighted by molar-refractivity contribution is -0.141. The molecule has 2 aromatic rings. The van der Waals surface area contributed by atoms with Crippen LogP contribution in [0.15, 0.2) is 42.5 Å². The van der Waals surface area contributed by atoms with E-state index in [0.29, 0.717) is 23.6 Å². The van der Waals surface area contributed by atoms with Gasteiger partial charge in [-0.15, -0.1) is 0 Å². The molecule has 0 fully saturated rings. The minimum atomic E-state index is -3.55. The van der Waals surface area contributed by atoms with Crippen LogP contribution < -0.4 is 9.62 Å². The van der Waals surface area contributed by atoms with Gasteiger partial charge in [0.25, 0.3) is 0 Å².